The quantitative estimate of drug-likeness (QED) is 0.742. The van der Waals surface area contributed by atoms with Crippen LogP contribution in [0.4, 0.5) is 19.1 Å². The molecule has 1 aromatic rings. The van der Waals surface area contributed by atoms with Gasteiger partial charge in [-0.15, -0.1) is 0 Å². The van der Waals surface area contributed by atoms with Gasteiger partial charge >= 0.3 is 6.18 Å². The highest BCUT2D eigenvalue weighted by atomic mass is 19.4. The van der Waals surface area contributed by atoms with E-state index >= 15 is 0 Å². The molecule has 16 heavy (non-hydrogen) atoms. The van der Waals surface area contributed by atoms with Gasteiger partial charge in [0.15, 0.2) is 0 Å². The van der Waals surface area contributed by atoms with Gasteiger partial charge in [0.2, 0.25) is 5.95 Å². The molecule has 0 atom stereocenters. The van der Waals surface area contributed by atoms with Crippen molar-refractivity contribution in [3.8, 4) is 0 Å². The summed E-state index contributed by atoms with van der Waals surface area (Å²) in [7, 11) is 0. The summed E-state index contributed by atoms with van der Waals surface area (Å²) in [5, 5.41) is 0. The van der Waals surface area contributed by atoms with Crippen LogP contribution in [0, 0.1) is 5.92 Å². The van der Waals surface area contributed by atoms with Crippen LogP contribution in [-0.2, 0) is 0 Å². The highest BCUT2D eigenvalue weighted by Crippen LogP contribution is 2.34. The normalized spacial score (nSPS) is 18.8. The molecule has 0 aliphatic carbocycles. The Labute approximate surface area is 91.3 Å². The maximum absolute atomic E-state index is 12.4. The number of rotatable bonds is 1. The van der Waals surface area contributed by atoms with E-state index in [0.29, 0.717) is 19.0 Å². The third-order valence-corrected chi connectivity index (χ3v) is 2.79. The Kier molecular flexibility index (Phi) is 2.98. The average Bonchev–Trinajstić information content (AvgIpc) is 2.29. The van der Waals surface area contributed by atoms with Crippen LogP contribution in [0.2, 0.25) is 0 Å². The minimum Gasteiger partial charge on any atom is -0.341 e. The van der Waals surface area contributed by atoms with Crippen LogP contribution in [0.3, 0.4) is 0 Å². The van der Waals surface area contributed by atoms with Crippen LogP contribution in [0.15, 0.2) is 18.5 Å². The molecule has 0 saturated carbocycles. The Bertz CT molecular complexity index is 331. The molecule has 1 aromatic heterocycles. The smallest absolute Gasteiger partial charge is 0.341 e. The second-order valence-electron chi connectivity index (χ2n) is 3.85. The van der Waals surface area contributed by atoms with E-state index in [4.69, 9.17) is 0 Å². The first-order chi connectivity index (χ1) is 7.57. The topological polar surface area (TPSA) is 29.0 Å². The van der Waals surface area contributed by atoms with Gasteiger partial charge in [0.25, 0.3) is 0 Å². The minimum atomic E-state index is -4.07. The van der Waals surface area contributed by atoms with Crippen molar-refractivity contribution in [3.05, 3.63) is 18.5 Å². The van der Waals surface area contributed by atoms with Crippen molar-refractivity contribution < 1.29 is 13.2 Å². The van der Waals surface area contributed by atoms with Crippen LogP contribution in [0.5, 0.6) is 0 Å². The zero-order valence-corrected chi connectivity index (χ0v) is 8.61. The number of alkyl halides is 3. The standard InChI is InChI=1S/C10H12F3N3/c11-10(12,13)8-2-6-16(7-3-8)9-14-4-1-5-15-9/h1,4-5,8H,2-3,6-7H2. The van der Waals surface area contributed by atoms with Crippen molar-refractivity contribution in [2.45, 2.75) is 19.0 Å². The highest BCUT2D eigenvalue weighted by molar-refractivity contribution is 5.28. The summed E-state index contributed by atoms with van der Waals surface area (Å²) in [6.45, 7) is 0.738. The molecule has 0 amide bonds. The second kappa shape index (κ2) is 4.27. The first-order valence-corrected chi connectivity index (χ1v) is 5.16. The van der Waals surface area contributed by atoms with Gasteiger partial charge in [-0.3, -0.25) is 0 Å². The number of nitrogens with zero attached hydrogens (tertiary/aromatic N) is 3. The third kappa shape index (κ3) is 2.43. The van der Waals surface area contributed by atoms with E-state index in [1.54, 1.807) is 23.4 Å². The Balaban J connectivity index is 1.96. The molecule has 0 bridgehead atoms. The summed E-state index contributed by atoms with van der Waals surface area (Å²) in [5.41, 5.74) is 0. The summed E-state index contributed by atoms with van der Waals surface area (Å²) in [6.07, 6.45) is -0.622. The highest BCUT2D eigenvalue weighted by Gasteiger charge is 2.41. The fraction of sp³-hybridized carbons (Fsp3) is 0.600. The lowest BCUT2D eigenvalue weighted by Crippen LogP contribution is -2.39. The van der Waals surface area contributed by atoms with Gasteiger partial charge in [-0.05, 0) is 18.9 Å². The summed E-state index contributed by atoms with van der Waals surface area (Å²) >= 11 is 0. The number of hydrogen-bond acceptors (Lipinski definition) is 3. The number of halogens is 3. The Morgan fingerprint density at radius 2 is 1.69 bits per heavy atom. The fourth-order valence-electron chi connectivity index (χ4n) is 1.86. The molecule has 1 saturated heterocycles. The first-order valence-electron chi connectivity index (χ1n) is 5.16. The van der Waals surface area contributed by atoms with Gasteiger partial charge in [0.05, 0.1) is 5.92 Å². The van der Waals surface area contributed by atoms with Crippen LogP contribution in [-0.4, -0.2) is 29.2 Å². The van der Waals surface area contributed by atoms with Crippen LogP contribution < -0.4 is 4.90 Å². The van der Waals surface area contributed by atoms with Crippen molar-refractivity contribution in [2.75, 3.05) is 18.0 Å². The predicted molar refractivity (Wildman–Crippen MR) is 53.0 cm³/mol. The molecule has 1 aliphatic heterocycles. The molecule has 1 fully saturated rings. The Morgan fingerprint density at radius 3 is 2.19 bits per heavy atom. The molecule has 88 valence electrons. The molecule has 0 radical (unpaired) electrons. The molecule has 3 nitrogen and oxygen atoms in total. The second-order valence-corrected chi connectivity index (χ2v) is 3.85. The van der Waals surface area contributed by atoms with Crippen LogP contribution in [0.25, 0.3) is 0 Å². The van der Waals surface area contributed by atoms with E-state index in [1.807, 2.05) is 0 Å². The first kappa shape index (κ1) is 11.2. The maximum atomic E-state index is 12.4. The van der Waals surface area contributed by atoms with Gasteiger partial charge in [-0.2, -0.15) is 13.2 Å². The SMILES string of the molecule is FC(F)(F)C1CCN(c2ncccn2)CC1. The summed E-state index contributed by atoms with van der Waals surface area (Å²) in [5.74, 6) is -0.657. The molecular formula is C10H12F3N3. The molecular weight excluding hydrogens is 219 g/mol. The molecule has 2 rings (SSSR count). The lowest BCUT2D eigenvalue weighted by molar-refractivity contribution is -0.179. The predicted octanol–water partition coefficient (Wildman–Crippen LogP) is 2.26. The molecule has 2 heterocycles. The van der Waals surface area contributed by atoms with Crippen molar-refractivity contribution in [3.63, 3.8) is 0 Å². The molecule has 0 N–H and O–H groups in total. The van der Waals surface area contributed by atoms with E-state index in [-0.39, 0.29) is 12.8 Å². The third-order valence-electron chi connectivity index (χ3n) is 2.79. The fourth-order valence-corrected chi connectivity index (χ4v) is 1.86. The van der Waals surface area contributed by atoms with Crippen molar-refractivity contribution in [2.24, 2.45) is 5.92 Å². The van der Waals surface area contributed by atoms with Crippen molar-refractivity contribution >= 4 is 5.95 Å². The van der Waals surface area contributed by atoms with Gasteiger partial charge in [0.1, 0.15) is 0 Å². The van der Waals surface area contributed by atoms with Gasteiger partial charge < -0.3 is 4.90 Å². The zero-order chi connectivity index (χ0) is 11.6. The van der Waals surface area contributed by atoms with E-state index in [2.05, 4.69) is 9.97 Å². The largest absolute Gasteiger partial charge is 0.391 e. The monoisotopic (exact) mass is 231 g/mol. The van der Waals surface area contributed by atoms with E-state index in [9.17, 15) is 13.2 Å². The van der Waals surface area contributed by atoms with Crippen LogP contribution in [0.1, 0.15) is 12.8 Å². The Morgan fingerprint density at radius 1 is 1.12 bits per heavy atom. The molecule has 0 aromatic carbocycles. The van der Waals surface area contributed by atoms with Crippen LogP contribution >= 0.6 is 0 Å². The number of hydrogen-bond donors (Lipinski definition) is 0. The minimum absolute atomic E-state index is 0.127. The summed E-state index contributed by atoms with van der Waals surface area (Å²) < 4.78 is 37.3. The van der Waals surface area contributed by atoms with Gasteiger partial charge in [-0.1, -0.05) is 0 Å². The lowest BCUT2D eigenvalue weighted by atomic mass is 9.96. The summed E-state index contributed by atoms with van der Waals surface area (Å²) in [6, 6.07) is 1.69. The number of piperidine rings is 1. The van der Waals surface area contributed by atoms with E-state index in [1.165, 1.54) is 0 Å². The maximum Gasteiger partial charge on any atom is 0.391 e. The number of anilines is 1. The van der Waals surface area contributed by atoms with E-state index < -0.39 is 12.1 Å². The van der Waals surface area contributed by atoms with E-state index in [0.717, 1.165) is 0 Å². The molecule has 0 spiro atoms. The van der Waals surface area contributed by atoms with Gasteiger partial charge in [0, 0.05) is 25.5 Å². The van der Waals surface area contributed by atoms with Crippen molar-refractivity contribution in [1.82, 2.24) is 9.97 Å². The number of aromatic nitrogens is 2. The molecule has 0 unspecified atom stereocenters. The summed E-state index contributed by atoms with van der Waals surface area (Å²) in [4.78, 5) is 9.84. The lowest BCUT2D eigenvalue weighted by Gasteiger charge is -2.32. The average molecular weight is 231 g/mol. The molecule has 6 heteroatoms. The van der Waals surface area contributed by atoms with Gasteiger partial charge in [-0.25, -0.2) is 9.97 Å². The van der Waals surface area contributed by atoms with Crippen molar-refractivity contribution in [1.29, 1.82) is 0 Å². The Hall–Kier alpha value is -1.33. The molecule has 1 aliphatic rings. The zero-order valence-electron chi connectivity index (χ0n) is 8.61.